The van der Waals surface area contributed by atoms with Crippen molar-refractivity contribution < 1.29 is 19.1 Å². The quantitative estimate of drug-likeness (QED) is 0.910. The first-order valence-corrected chi connectivity index (χ1v) is 5.94. The molecule has 19 heavy (non-hydrogen) atoms. The van der Waals surface area contributed by atoms with Gasteiger partial charge in [0.25, 0.3) is 0 Å². The monoisotopic (exact) mass is 261 g/mol. The summed E-state index contributed by atoms with van der Waals surface area (Å²) in [5.74, 6) is -0.154. The Morgan fingerprint density at radius 3 is 2.74 bits per heavy atom. The molecule has 2 aromatic rings. The van der Waals surface area contributed by atoms with Crippen molar-refractivity contribution in [2.24, 2.45) is 0 Å². The van der Waals surface area contributed by atoms with E-state index in [1.807, 2.05) is 25.1 Å². The Morgan fingerprint density at radius 2 is 2.16 bits per heavy atom. The maximum absolute atomic E-state index is 10.7. The number of rotatable bonds is 4. The average Bonchev–Trinajstić information content (AvgIpc) is 2.80. The van der Waals surface area contributed by atoms with E-state index in [-0.39, 0.29) is 11.8 Å². The third-order valence-corrected chi connectivity index (χ3v) is 2.78. The number of nitrogens with zero attached hydrogens (tertiary/aromatic N) is 1. The zero-order valence-corrected chi connectivity index (χ0v) is 11.0. The van der Waals surface area contributed by atoms with Gasteiger partial charge in [-0.2, -0.15) is 4.98 Å². The van der Waals surface area contributed by atoms with Crippen LogP contribution in [-0.4, -0.2) is 16.1 Å². The number of ether oxygens (including phenoxy) is 1. The molecule has 5 nitrogen and oxygen atoms in total. The lowest BCUT2D eigenvalue weighted by Crippen LogP contribution is -1.96. The molecule has 0 amide bonds. The fourth-order valence-electron chi connectivity index (χ4n) is 1.58. The minimum atomic E-state index is -1.15. The van der Waals surface area contributed by atoms with Crippen molar-refractivity contribution in [3.63, 3.8) is 0 Å². The molecule has 0 bridgehead atoms. The first-order chi connectivity index (χ1) is 8.97. The number of carboxylic acid groups (broad SMARTS) is 1. The molecule has 1 aromatic carbocycles. The molecule has 2 rings (SSSR count). The summed E-state index contributed by atoms with van der Waals surface area (Å²) in [4.78, 5) is 14.4. The molecule has 0 aliphatic carbocycles. The van der Waals surface area contributed by atoms with Crippen molar-refractivity contribution >= 4 is 5.97 Å². The lowest BCUT2D eigenvalue weighted by atomic mass is 10.0. The fourth-order valence-corrected chi connectivity index (χ4v) is 1.58. The minimum Gasteiger partial charge on any atom is -0.476 e. The molecule has 0 saturated heterocycles. The van der Waals surface area contributed by atoms with Gasteiger partial charge in [0.1, 0.15) is 12.0 Å². The SMILES string of the molecule is Cc1ccc(C(C)C)cc1Oc1nc(C(=O)O)co1. The van der Waals surface area contributed by atoms with Crippen molar-refractivity contribution in [1.29, 1.82) is 0 Å². The smallest absolute Gasteiger partial charge is 0.399 e. The van der Waals surface area contributed by atoms with Crippen molar-refractivity contribution in [2.75, 3.05) is 0 Å². The second kappa shape index (κ2) is 5.14. The highest BCUT2D eigenvalue weighted by Crippen LogP contribution is 2.28. The highest BCUT2D eigenvalue weighted by atomic mass is 16.6. The topological polar surface area (TPSA) is 72.6 Å². The number of benzene rings is 1. The van der Waals surface area contributed by atoms with Crippen LogP contribution in [0, 0.1) is 6.92 Å². The first-order valence-electron chi connectivity index (χ1n) is 5.94. The zero-order chi connectivity index (χ0) is 14.0. The van der Waals surface area contributed by atoms with Gasteiger partial charge in [-0.25, -0.2) is 4.79 Å². The summed E-state index contributed by atoms with van der Waals surface area (Å²) in [7, 11) is 0. The van der Waals surface area contributed by atoms with Crippen LogP contribution in [0.15, 0.2) is 28.9 Å². The molecule has 0 atom stereocenters. The minimum absolute atomic E-state index is 0.0681. The van der Waals surface area contributed by atoms with E-state index in [1.165, 1.54) is 0 Å². The Bertz CT molecular complexity index is 601. The molecule has 0 saturated carbocycles. The van der Waals surface area contributed by atoms with Crippen LogP contribution in [-0.2, 0) is 0 Å². The molecule has 100 valence electrons. The second-order valence-corrected chi connectivity index (χ2v) is 4.59. The van der Waals surface area contributed by atoms with E-state index in [0.717, 1.165) is 17.4 Å². The summed E-state index contributed by atoms with van der Waals surface area (Å²) in [5, 5.41) is 8.76. The lowest BCUT2D eigenvalue weighted by Gasteiger charge is -2.10. The second-order valence-electron chi connectivity index (χ2n) is 4.59. The molecule has 1 heterocycles. The third-order valence-electron chi connectivity index (χ3n) is 2.78. The van der Waals surface area contributed by atoms with Gasteiger partial charge in [-0.3, -0.25) is 0 Å². The number of carbonyl (C=O) groups is 1. The van der Waals surface area contributed by atoms with Crippen LogP contribution in [0.5, 0.6) is 11.8 Å². The number of aromatic nitrogens is 1. The number of hydrogen-bond donors (Lipinski definition) is 1. The Morgan fingerprint density at radius 1 is 1.42 bits per heavy atom. The van der Waals surface area contributed by atoms with Gasteiger partial charge in [0.2, 0.25) is 0 Å². The van der Waals surface area contributed by atoms with Gasteiger partial charge < -0.3 is 14.3 Å². The maximum Gasteiger partial charge on any atom is 0.399 e. The van der Waals surface area contributed by atoms with Crippen molar-refractivity contribution in [2.45, 2.75) is 26.7 Å². The summed E-state index contributed by atoms with van der Waals surface area (Å²) in [6, 6.07) is 5.89. The number of aromatic carboxylic acids is 1. The zero-order valence-electron chi connectivity index (χ0n) is 11.0. The average molecular weight is 261 g/mol. The van der Waals surface area contributed by atoms with Gasteiger partial charge >= 0.3 is 12.0 Å². The van der Waals surface area contributed by atoms with Gasteiger partial charge in [-0.15, -0.1) is 0 Å². The van der Waals surface area contributed by atoms with Gasteiger partial charge in [-0.1, -0.05) is 26.0 Å². The summed E-state index contributed by atoms with van der Waals surface area (Å²) in [6.45, 7) is 6.07. The molecule has 5 heteroatoms. The molecular weight excluding hydrogens is 246 g/mol. The standard InChI is InChI=1S/C14H15NO4/c1-8(2)10-5-4-9(3)12(6-10)19-14-15-11(7-18-14)13(16)17/h4-8H,1-3H3,(H,16,17). The van der Waals surface area contributed by atoms with Crippen LogP contribution in [0.1, 0.15) is 41.4 Å². The van der Waals surface area contributed by atoms with Gasteiger partial charge in [0.05, 0.1) is 0 Å². The van der Waals surface area contributed by atoms with Crippen LogP contribution in [0.4, 0.5) is 0 Å². The Labute approximate surface area is 110 Å². The fraction of sp³-hybridized carbons (Fsp3) is 0.286. The van der Waals surface area contributed by atoms with Gasteiger partial charge in [0.15, 0.2) is 5.69 Å². The summed E-state index contributed by atoms with van der Waals surface area (Å²) in [5.41, 5.74) is 1.89. The van der Waals surface area contributed by atoms with Crippen molar-refractivity contribution in [3.8, 4) is 11.8 Å². The number of oxazole rings is 1. The predicted octanol–water partition coefficient (Wildman–Crippen LogP) is 3.60. The van der Waals surface area contributed by atoms with E-state index in [9.17, 15) is 4.79 Å². The molecule has 0 unspecified atom stereocenters. The molecular formula is C14H15NO4. The molecule has 0 fully saturated rings. The Kier molecular flexibility index (Phi) is 3.55. The highest BCUT2D eigenvalue weighted by Gasteiger charge is 2.13. The summed E-state index contributed by atoms with van der Waals surface area (Å²) in [6.07, 6.45) is 0.987. The first kappa shape index (κ1) is 13.1. The van der Waals surface area contributed by atoms with E-state index in [4.69, 9.17) is 14.3 Å². The Hall–Kier alpha value is -2.30. The maximum atomic E-state index is 10.7. The van der Waals surface area contributed by atoms with E-state index in [1.54, 1.807) is 0 Å². The number of aryl methyl sites for hydroxylation is 1. The summed E-state index contributed by atoms with van der Waals surface area (Å²) < 4.78 is 10.5. The van der Waals surface area contributed by atoms with Crippen LogP contribution < -0.4 is 4.74 Å². The highest BCUT2D eigenvalue weighted by molar-refractivity contribution is 5.84. The molecule has 0 aliphatic rings. The van der Waals surface area contributed by atoms with E-state index < -0.39 is 5.97 Å². The normalized spacial score (nSPS) is 10.7. The van der Waals surface area contributed by atoms with E-state index in [2.05, 4.69) is 18.8 Å². The van der Waals surface area contributed by atoms with Gasteiger partial charge in [-0.05, 0) is 30.0 Å². The van der Waals surface area contributed by atoms with Crippen molar-refractivity contribution in [1.82, 2.24) is 4.98 Å². The molecule has 1 aromatic heterocycles. The van der Waals surface area contributed by atoms with E-state index in [0.29, 0.717) is 11.7 Å². The molecule has 0 aliphatic heterocycles. The third kappa shape index (κ3) is 2.93. The molecule has 0 spiro atoms. The lowest BCUT2D eigenvalue weighted by molar-refractivity contribution is 0.0690. The number of carboxylic acids is 1. The largest absolute Gasteiger partial charge is 0.476 e. The predicted molar refractivity (Wildman–Crippen MR) is 68.8 cm³/mol. The summed E-state index contributed by atoms with van der Waals surface area (Å²) >= 11 is 0. The van der Waals surface area contributed by atoms with Crippen molar-refractivity contribution in [3.05, 3.63) is 41.3 Å². The number of hydrogen-bond acceptors (Lipinski definition) is 4. The van der Waals surface area contributed by atoms with Crippen LogP contribution in [0.2, 0.25) is 0 Å². The van der Waals surface area contributed by atoms with Crippen LogP contribution >= 0.6 is 0 Å². The van der Waals surface area contributed by atoms with Crippen LogP contribution in [0.25, 0.3) is 0 Å². The Balaban J connectivity index is 2.26. The van der Waals surface area contributed by atoms with Crippen LogP contribution in [0.3, 0.4) is 0 Å². The molecule has 1 N–H and O–H groups in total. The molecule has 0 radical (unpaired) electrons. The van der Waals surface area contributed by atoms with E-state index >= 15 is 0 Å². The van der Waals surface area contributed by atoms with Gasteiger partial charge in [0, 0.05) is 0 Å².